The second-order valence-electron chi connectivity index (χ2n) is 5.44. The van der Waals surface area contributed by atoms with Gasteiger partial charge in [-0.3, -0.25) is 4.90 Å². The summed E-state index contributed by atoms with van der Waals surface area (Å²) in [6.45, 7) is 2.08. The lowest BCUT2D eigenvalue weighted by molar-refractivity contribution is -0.0498. The quantitative estimate of drug-likeness (QED) is 0.903. The molecule has 112 valence electrons. The predicted octanol–water partition coefficient (Wildman–Crippen LogP) is 3.02. The SMILES string of the molecule is CC1CCCN(C(CN)c2ccc(OC(F)F)cc2)C1. The summed E-state index contributed by atoms with van der Waals surface area (Å²) < 4.78 is 28.6. The maximum atomic E-state index is 12.1. The number of hydrogen-bond donors (Lipinski definition) is 1. The Labute approximate surface area is 118 Å². The smallest absolute Gasteiger partial charge is 0.387 e. The van der Waals surface area contributed by atoms with Gasteiger partial charge in [0.05, 0.1) is 0 Å². The number of rotatable bonds is 5. The maximum absolute atomic E-state index is 12.1. The fourth-order valence-corrected chi connectivity index (χ4v) is 2.88. The van der Waals surface area contributed by atoms with Gasteiger partial charge in [-0.15, -0.1) is 0 Å². The molecule has 3 nitrogen and oxygen atoms in total. The van der Waals surface area contributed by atoms with Crippen molar-refractivity contribution in [2.24, 2.45) is 11.7 Å². The summed E-state index contributed by atoms with van der Waals surface area (Å²) in [7, 11) is 0. The third kappa shape index (κ3) is 3.90. The van der Waals surface area contributed by atoms with E-state index in [1.54, 1.807) is 12.1 Å². The van der Waals surface area contributed by atoms with E-state index in [0.717, 1.165) is 18.7 Å². The van der Waals surface area contributed by atoms with Crippen LogP contribution in [-0.4, -0.2) is 31.1 Å². The molecule has 2 rings (SSSR count). The molecule has 0 aliphatic carbocycles. The van der Waals surface area contributed by atoms with Crippen LogP contribution in [0.3, 0.4) is 0 Å². The highest BCUT2D eigenvalue weighted by Crippen LogP contribution is 2.27. The molecular formula is C15H22F2N2O. The molecule has 0 spiro atoms. The predicted molar refractivity (Wildman–Crippen MR) is 74.8 cm³/mol. The van der Waals surface area contributed by atoms with Crippen molar-refractivity contribution in [3.63, 3.8) is 0 Å². The minimum absolute atomic E-state index is 0.151. The van der Waals surface area contributed by atoms with Gasteiger partial charge >= 0.3 is 6.61 Å². The van der Waals surface area contributed by atoms with Crippen LogP contribution in [0.25, 0.3) is 0 Å². The minimum atomic E-state index is -2.78. The van der Waals surface area contributed by atoms with Crippen LogP contribution in [-0.2, 0) is 0 Å². The number of piperidine rings is 1. The van der Waals surface area contributed by atoms with Gasteiger partial charge in [0.15, 0.2) is 0 Å². The fraction of sp³-hybridized carbons (Fsp3) is 0.600. The summed E-state index contributed by atoms with van der Waals surface area (Å²) in [6.07, 6.45) is 2.44. The van der Waals surface area contributed by atoms with Gasteiger partial charge in [0.2, 0.25) is 0 Å². The molecule has 0 amide bonds. The number of halogens is 2. The molecule has 1 saturated heterocycles. The van der Waals surface area contributed by atoms with Crippen molar-refractivity contribution in [2.45, 2.75) is 32.4 Å². The van der Waals surface area contributed by atoms with Crippen molar-refractivity contribution >= 4 is 0 Å². The normalized spacial score (nSPS) is 21.9. The summed E-state index contributed by atoms with van der Waals surface area (Å²) in [5.41, 5.74) is 6.97. The highest BCUT2D eigenvalue weighted by atomic mass is 19.3. The zero-order valence-corrected chi connectivity index (χ0v) is 11.8. The van der Waals surface area contributed by atoms with E-state index in [1.165, 1.54) is 12.8 Å². The molecular weight excluding hydrogens is 262 g/mol. The Hall–Kier alpha value is -1.20. The zero-order chi connectivity index (χ0) is 14.5. The van der Waals surface area contributed by atoms with Gasteiger partial charge in [-0.25, -0.2) is 0 Å². The molecule has 2 unspecified atom stereocenters. The first-order valence-corrected chi connectivity index (χ1v) is 7.09. The highest BCUT2D eigenvalue weighted by molar-refractivity contribution is 5.29. The van der Waals surface area contributed by atoms with Crippen LogP contribution in [0.5, 0.6) is 5.75 Å². The van der Waals surface area contributed by atoms with Gasteiger partial charge < -0.3 is 10.5 Å². The van der Waals surface area contributed by atoms with Crippen molar-refractivity contribution in [1.82, 2.24) is 4.90 Å². The van der Waals surface area contributed by atoms with E-state index in [9.17, 15) is 8.78 Å². The molecule has 1 aliphatic rings. The Morgan fingerprint density at radius 2 is 2.05 bits per heavy atom. The summed E-state index contributed by atoms with van der Waals surface area (Å²) in [5.74, 6) is 0.866. The van der Waals surface area contributed by atoms with E-state index in [1.807, 2.05) is 12.1 Å². The Kier molecular flexibility index (Phi) is 5.31. The highest BCUT2D eigenvalue weighted by Gasteiger charge is 2.24. The molecule has 1 aliphatic heterocycles. The summed E-state index contributed by atoms with van der Waals surface area (Å²) in [4.78, 5) is 2.39. The van der Waals surface area contributed by atoms with Gasteiger partial charge in [-0.1, -0.05) is 19.1 Å². The fourth-order valence-electron chi connectivity index (χ4n) is 2.88. The van der Waals surface area contributed by atoms with Crippen molar-refractivity contribution in [2.75, 3.05) is 19.6 Å². The first-order valence-electron chi connectivity index (χ1n) is 7.09. The van der Waals surface area contributed by atoms with Gasteiger partial charge in [0.1, 0.15) is 5.75 Å². The lowest BCUT2D eigenvalue weighted by Crippen LogP contribution is -2.40. The topological polar surface area (TPSA) is 38.5 Å². The monoisotopic (exact) mass is 284 g/mol. The maximum Gasteiger partial charge on any atom is 0.387 e. The number of ether oxygens (including phenoxy) is 1. The van der Waals surface area contributed by atoms with Crippen LogP contribution in [0.15, 0.2) is 24.3 Å². The summed E-state index contributed by atoms with van der Waals surface area (Å²) in [6, 6.07) is 6.97. The molecule has 5 heteroatoms. The summed E-state index contributed by atoms with van der Waals surface area (Å²) in [5, 5.41) is 0. The first kappa shape index (κ1) is 15.2. The van der Waals surface area contributed by atoms with Gasteiger partial charge in [0, 0.05) is 19.1 Å². The van der Waals surface area contributed by atoms with Crippen molar-refractivity contribution < 1.29 is 13.5 Å². The number of benzene rings is 1. The van der Waals surface area contributed by atoms with Crippen LogP contribution in [0.4, 0.5) is 8.78 Å². The minimum Gasteiger partial charge on any atom is -0.435 e. The van der Waals surface area contributed by atoms with Crippen LogP contribution in [0.1, 0.15) is 31.4 Å². The number of alkyl halides is 2. The molecule has 1 heterocycles. The number of nitrogens with two attached hydrogens (primary N) is 1. The zero-order valence-electron chi connectivity index (χ0n) is 11.8. The van der Waals surface area contributed by atoms with Crippen LogP contribution in [0.2, 0.25) is 0 Å². The molecule has 2 N–H and O–H groups in total. The van der Waals surface area contributed by atoms with Crippen molar-refractivity contribution in [3.05, 3.63) is 29.8 Å². The molecule has 0 bridgehead atoms. The van der Waals surface area contributed by atoms with Crippen molar-refractivity contribution in [1.29, 1.82) is 0 Å². The molecule has 20 heavy (non-hydrogen) atoms. The molecule has 1 fully saturated rings. The third-order valence-electron chi connectivity index (χ3n) is 3.84. The third-order valence-corrected chi connectivity index (χ3v) is 3.84. The van der Waals surface area contributed by atoms with E-state index in [0.29, 0.717) is 12.5 Å². The Balaban J connectivity index is 2.07. The van der Waals surface area contributed by atoms with Crippen LogP contribution in [0, 0.1) is 5.92 Å². The van der Waals surface area contributed by atoms with Gasteiger partial charge in [0.25, 0.3) is 0 Å². The molecule has 1 aromatic carbocycles. The second-order valence-corrected chi connectivity index (χ2v) is 5.44. The largest absolute Gasteiger partial charge is 0.435 e. The second kappa shape index (κ2) is 6.99. The lowest BCUT2D eigenvalue weighted by Gasteiger charge is -2.37. The number of likely N-dealkylation sites (tertiary alicyclic amines) is 1. The number of hydrogen-bond acceptors (Lipinski definition) is 3. The molecule has 0 saturated carbocycles. The van der Waals surface area contributed by atoms with Gasteiger partial charge in [-0.05, 0) is 43.0 Å². The van der Waals surface area contributed by atoms with E-state index < -0.39 is 6.61 Å². The molecule has 0 aromatic heterocycles. The Bertz CT molecular complexity index is 411. The van der Waals surface area contributed by atoms with E-state index >= 15 is 0 Å². The average Bonchev–Trinajstić information content (AvgIpc) is 2.41. The molecule has 1 aromatic rings. The first-order chi connectivity index (χ1) is 9.60. The van der Waals surface area contributed by atoms with Crippen LogP contribution >= 0.6 is 0 Å². The van der Waals surface area contributed by atoms with Crippen LogP contribution < -0.4 is 10.5 Å². The molecule has 2 atom stereocenters. The molecule has 0 radical (unpaired) electrons. The van der Waals surface area contributed by atoms with E-state index in [4.69, 9.17) is 5.73 Å². The van der Waals surface area contributed by atoms with Crippen molar-refractivity contribution in [3.8, 4) is 5.75 Å². The average molecular weight is 284 g/mol. The van der Waals surface area contributed by atoms with Gasteiger partial charge in [-0.2, -0.15) is 8.78 Å². The number of nitrogens with zero attached hydrogens (tertiary/aromatic N) is 1. The standard InChI is InChI=1S/C15H22F2N2O/c1-11-3-2-8-19(10-11)14(9-18)12-4-6-13(7-5-12)20-15(16)17/h4-7,11,14-15H,2-3,8-10,18H2,1H3. The summed E-state index contributed by atoms with van der Waals surface area (Å²) >= 11 is 0. The Morgan fingerprint density at radius 3 is 2.60 bits per heavy atom. The van der Waals surface area contributed by atoms with E-state index in [2.05, 4.69) is 16.6 Å². The lowest BCUT2D eigenvalue weighted by atomic mass is 9.96. The van der Waals surface area contributed by atoms with E-state index in [-0.39, 0.29) is 11.8 Å². The Morgan fingerprint density at radius 1 is 1.35 bits per heavy atom.